The van der Waals surface area contributed by atoms with Crippen LogP contribution in [-0.2, 0) is 9.53 Å². The second-order valence-corrected chi connectivity index (χ2v) is 7.49. The number of carbonyl (C=O) groups is 1. The molecule has 1 spiro atoms. The van der Waals surface area contributed by atoms with Crippen molar-refractivity contribution < 1.29 is 9.53 Å². The minimum atomic E-state index is 0.252. The third-order valence-corrected chi connectivity index (χ3v) is 6.34. The lowest BCUT2D eigenvalue weighted by atomic mass is 9.54. The highest BCUT2D eigenvalue weighted by Gasteiger charge is 2.57. The normalized spacial score (nSPS) is 33.6. The molecule has 0 bridgehead atoms. The molecule has 1 N–H and O–H groups in total. The molecule has 0 radical (unpaired) electrons. The molecule has 4 nitrogen and oxygen atoms in total. The van der Waals surface area contributed by atoms with Crippen molar-refractivity contribution in [3.05, 3.63) is 0 Å². The van der Waals surface area contributed by atoms with E-state index in [1.165, 1.54) is 38.5 Å². The van der Waals surface area contributed by atoms with Crippen LogP contribution in [0.4, 0.5) is 0 Å². The van der Waals surface area contributed by atoms with Gasteiger partial charge in [0, 0.05) is 37.6 Å². The van der Waals surface area contributed by atoms with Crippen LogP contribution >= 0.6 is 0 Å². The molecular weight excluding hydrogens is 276 g/mol. The highest BCUT2D eigenvalue weighted by atomic mass is 16.5. The summed E-state index contributed by atoms with van der Waals surface area (Å²) >= 11 is 0. The lowest BCUT2D eigenvalue weighted by molar-refractivity contribution is -0.185. The molecule has 3 rings (SSSR count). The highest BCUT2D eigenvalue weighted by molar-refractivity contribution is 5.77. The van der Waals surface area contributed by atoms with Crippen molar-refractivity contribution in [2.45, 2.75) is 82.9 Å². The molecule has 3 atom stereocenters. The first-order valence-electron chi connectivity index (χ1n) is 9.28. The lowest BCUT2D eigenvalue weighted by Gasteiger charge is -2.60. The largest absolute Gasteiger partial charge is 0.378 e. The van der Waals surface area contributed by atoms with Crippen LogP contribution in [0.1, 0.15) is 64.7 Å². The molecule has 4 heteroatoms. The van der Waals surface area contributed by atoms with Gasteiger partial charge in [-0.15, -0.1) is 0 Å². The van der Waals surface area contributed by atoms with Gasteiger partial charge in [-0.2, -0.15) is 0 Å². The van der Waals surface area contributed by atoms with Crippen LogP contribution in [0.5, 0.6) is 0 Å². The van der Waals surface area contributed by atoms with Gasteiger partial charge in [0.1, 0.15) is 0 Å². The van der Waals surface area contributed by atoms with E-state index in [9.17, 15) is 4.79 Å². The Morgan fingerprint density at radius 1 is 1.27 bits per heavy atom. The quantitative estimate of drug-likeness (QED) is 0.849. The van der Waals surface area contributed by atoms with Gasteiger partial charge < -0.3 is 15.0 Å². The Morgan fingerprint density at radius 2 is 2.05 bits per heavy atom. The number of ether oxygens (including phenoxy) is 1. The van der Waals surface area contributed by atoms with Crippen molar-refractivity contribution in [1.82, 2.24) is 10.2 Å². The second-order valence-electron chi connectivity index (χ2n) is 7.49. The zero-order valence-electron chi connectivity index (χ0n) is 14.3. The van der Waals surface area contributed by atoms with Crippen molar-refractivity contribution in [3.8, 4) is 0 Å². The van der Waals surface area contributed by atoms with E-state index < -0.39 is 0 Å². The summed E-state index contributed by atoms with van der Waals surface area (Å²) in [6, 6.07) is 0.804. The number of carbonyl (C=O) groups excluding carboxylic acids is 1. The maximum absolute atomic E-state index is 12.7. The Balaban J connectivity index is 1.63. The first kappa shape index (κ1) is 16.3. The van der Waals surface area contributed by atoms with E-state index in [2.05, 4.69) is 17.1 Å². The lowest BCUT2D eigenvalue weighted by Crippen LogP contribution is -2.65. The highest BCUT2D eigenvalue weighted by Crippen LogP contribution is 2.55. The fourth-order valence-corrected chi connectivity index (χ4v) is 5.03. The SMILES string of the molecule is CCOC1CC(N(C)C(=O)CC2CCCN2)C12CCCCC2. The summed E-state index contributed by atoms with van der Waals surface area (Å²) in [6.45, 7) is 3.95. The van der Waals surface area contributed by atoms with Crippen molar-refractivity contribution in [2.24, 2.45) is 5.41 Å². The standard InChI is InChI=1S/C18H32N2O2/c1-3-22-16-13-15(18(16)9-5-4-6-10-18)20(2)17(21)12-14-8-7-11-19-14/h14-16,19H,3-13H2,1-2H3. The summed E-state index contributed by atoms with van der Waals surface area (Å²) in [5.41, 5.74) is 0.252. The maximum atomic E-state index is 12.7. The van der Waals surface area contributed by atoms with Gasteiger partial charge in [0.05, 0.1) is 6.10 Å². The molecule has 126 valence electrons. The molecule has 0 aromatic heterocycles. The Labute approximate surface area is 135 Å². The number of hydrogen-bond donors (Lipinski definition) is 1. The third-order valence-electron chi connectivity index (χ3n) is 6.34. The number of nitrogens with one attached hydrogen (secondary N) is 1. The molecule has 2 aliphatic carbocycles. The summed E-state index contributed by atoms with van der Waals surface area (Å²) in [7, 11) is 2.03. The molecule has 22 heavy (non-hydrogen) atoms. The van der Waals surface area contributed by atoms with E-state index in [0.29, 0.717) is 30.5 Å². The molecule has 1 aliphatic heterocycles. The predicted octanol–water partition coefficient (Wildman–Crippen LogP) is 2.71. The van der Waals surface area contributed by atoms with Crippen LogP contribution in [0.25, 0.3) is 0 Å². The Bertz CT molecular complexity index is 387. The van der Waals surface area contributed by atoms with Crippen LogP contribution in [0, 0.1) is 5.41 Å². The first-order chi connectivity index (χ1) is 10.7. The van der Waals surface area contributed by atoms with Crippen LogP contribution in [0.3, 0.4) is 0 Å². The van der Waals surface area contributed by atoms with Crippen molar-refractivity contribution in [1.29, 1.82) is 0 Å². The fourth-order valence-electron chi connectivity index (χ4n) is 5.03. The van der Waals surface area contributed by atoms with Crippen molar-refractivity contribution in [3.63, 3.8) is 0 Å². The second kappa shape index (κ2) is 6.88. The Hall–Kier alpha value is -0.610. The summed E-state index contributed by atoms with van der Waals surface area (Å²) < 4.78 is 6.01. The molecule has 1 amide bonds. The van der Waals surface area contributed by atoms with Gasteiger partial charge in [0.15, 0.2) is 0 Å². The molecule has 3 aliphatic rings. The van der Waals surface area contributed by atoms with Crippen LogP contribution in [0.15, 0.2) is 0 Å². The molecule has 1 saturated heterocycles. The molecule has 3 unspecified atom stereocenters. The van der Waals surface area contributed by atoms with E-state index in [1.807, 2.05) is 7.05 Å². The minimum Gasteiger partial charge on any atom is -0.378 e. The Kier molecular flexibility index (Phi) is 5.08. The van der Waals surface area contributed by atoms with Gasteiger partial charge in [0.2, 0.25) is 5.91 Å². The van der Waals surface area contributed by atoms with Gasteiger partial charge in [0.25, 0.3) is 0 Å². The monoisotopic (exact) mass is 308 g/mol. The van der Waals surface area contributed by atoms with Crippen molar-refractivity contribution in [2.75, 3.05) is 20.2 Å². The van der Waals surface area contributed by atoms with Crippen LogP contribution < -0.4 is 5.32 Å². The number of amides is 1. The summed E-state index contributed by atoms with van der Waals surface area (Å²) in [4.78, 5) is 14.7. The predicted molar refractivity (Wildman–Crippen MR) is 87.7 cm³/mol. The fraction of sp³-hybridized carbons (Fsp3) is 0.944. The average molecular weight is 308 g/mol. The number of hydrogen-bond acceptors (Lipinski definition) is 3. The van der Waals surface area contributed by atoms with Crippen LogP contribution in [0.2, 0.25) is 0 Å². The van der Waals surface area contributed by atoms with E-state index in [0.717, 1.165) is 26.0 Å². The van der Waals surface area contributed by atoms with Crippen LogP contribution in [-0.4, -0.2) is 49.2 Å². The molecular formula is C18H32N2O2. The summed E-state index contributed by atoms with van der Waals surface area (Å²) in [6.07, 6.45) is 10.9. The minimum absolute atomic E-state index is 0.252. The number of nitrogens with zero attached hydrogens (tertiary/aromatic N) is 1. The molecule has 3 fully saturated rings. The zero-order chi connectivity index (χ0) is 15.6. The molecule has 2 saturated carbocycles. The Morgan fingerprint density at radius 3 is 2.68 bits per heavy atom. The zero-order valence-corrected chi connectivity index (χ0v) is 14.3. The molecule has 1 heterocycles. The van der Waals surface area contributed by atoms with E-state index >= 15 is 0 Å². The molecule has 0 aromatic carbocycles. The smallest absolute Gasteiger partial charge is 0.224 e. The summed E-state index contributed by atoms with van der Waals surface area (Å²) in [5, 5.41) is 3.45. The van der Waals surface area contributed by atoms with E-state index in [1.54, 1.807) is 0 Å². The maximum Gasteiger partial charge on any atom is 0.224 e. The van der Waals surface area contributed by atoms with Crippen molar-refractivity contribution >= 4 is 5.91 Å². The first-order valence-corrected chi connectivity index (χ1v) is 9.28. The third kappa shape index (κ3) is 2.92. The topological polar surface area (TPSA) is 41.6 Å². The van der Waals surface area contributed by atoms with Gasteiger partial charge in [-0.3, -0.25) is 4.79 Å². The van der Waals surface area contributed by atoms with E-state index in [4.69, 9.17) is 4.74 Å². The molecule has 0 aromatic rings. The number of rotatable bonds is 5. The van der Waals surface area contributed by atoms with Gasteiger partial charge in [-0.05, 0) is 45.6 Å². The van der Waals surface area contributed by atoms with Gasteiger partial charge >= 0.3 is 0 Å². The average Bonchev–Trinajstić information content (AvgIpc) is 3.04. The van der Waals surface area contributed by atoms with Gasteiger partial charge in [-0.1, -0.05) is 19.3 Å². The van der Waals surface area contributed by atoms with E-state index in [-0.39, 0.29) is 5.41 Å². The summed E-state index contributed by atoms with van der Waals surface area (Å²) in [5.74, 6) is 0.323. The van der Waals surface area contributed by atoms with Gasteiger partial charge in [-0.25, -0.2) is 0 Å².